The summed E-state index contributed by atoms with van der Waals surface area (Å²) in [7, 11) is 1.62. The number of carboxylic acids is 1. The molecule has 1 aromatic carbocycles. The van der Waals surface area contributed by atoms with Crippen LogP contribution in [0.15, 0.2) is 22.7 Å². The largest absolute Gasteiger partial charge is 0.481 e. The molecule has 1 aliphatic heterocycles. The van der Waals surface area contributed by atoms with E-state index in [1.54, 1.807) is 7.05 Å². The number of carboxylic acid groups (broad SMARTS) is 1. The standard InChI is InChI=1S/C13H15BrN2O3/c1-8-3-4-11(10(14)5-8)16-7-9(12(17)18)6-15(2)13(16)19/h3-5,9H,6-7H2,1-2H3,(H,17,18). The average Bonchev–Trinajstić information content (AvgIpc) is 2.33. The van der Waals surface area contributed by atoms with Crippen molar-refractivity contribution in [1.29, 1.82) is 0 Å². The molecule has 1 N–H and O–H groups in total. The van der Waals surface area contributed by atoms with Crippen LogP contribution in [0.3, 0.4) is 0 Å². The van der Waals surface area contributed by atoms with Crippen molar-refractivity contribution < 1.29 is 14.7 Å². The molecule has 0 bridgehead atoms. The van der Waals surface area contributed by atoms with Crippen LogP contribution in [0.4, 0.5) is 10.5 Å². The summed E-state index contributed by atoms with van der Waals surface area (Å²) < 4.78 is 0.792. The van der Waals surface area contributed by atoms with Gasteiger partial charge in [0, 0.05) is 24.6 Å². The van der Waals surface area contributed by atoms with Gasteiger partial charge in [-0.05, 0) is 40.5 Å². The molecule has 1 aliphatic rings. The van der Waals surface area contributed by atoms with Crippen molar-refractivity contribution in [2.45, 2.75) is 6.92 Å². The summed E-state index contributed by atoms with van der Waals surface area (Å²) >= 11 is 3.43. The van der Waals surface area contributed by atoms with Gasteiger partial charge in [-0.3, -0.25) is 9.69 Å². The van der Waals surface area contributed by atoms with Crippen LogP contribution in [0.1, 0.15) is 5.56 Å². The quantitative estimate of drug-likeness (QED) is 0.907. The maximum absolute atomic E-state index is 12.2. The summed E-state index contributed by atoms with van der Waals surface area (Å²) in [4.78, 5) is 26.3. The van der Waals surface area contributed by atoms with Crippen LogP contribution in [-0.4, -0.2) is 42.1 Å². The van der Waals surface area contributed by atoms with Crippen LogP contribution in [0.2, 0.25) is 0 Å². The number of anilines is 1. The summed E-state index contributed by atoms with van der Waals surface area (Å²) in [6, 6.07) is 5.46. The Labute approximate surface area is 119 Å². The highest BCUT2D eigenvalue weighted by atomic mass is 79.9. The molecule has 1 saturated heterocycles. The molecule has 2 rings (SSSR count). The Hall–Kier alpha value is -1.56. The van der Waals surface area contributed by atoms with Crippen molar-refractivity contribution in [3.8, 4) is 0 Å². The van der Waals surface area contributed by atoms with E-state index >= 15 is 0 Å². The van der Waals surface area contributed by atoms with Gasteiger partial charge in [0.1, 0.15) is 0 Å². The summed E-state index contributed by atoms with van der Waals surface area (Å²) in [6.45, 7) is 2.40. The Kier molecular flexibility index (Phi) is 3.80. The smallest absolute Gasteiger partial charge is 0.324 e. The Bertz CT molecular complexity index is 533. The molecule has 0 radical (unpaired) electrons. The predicted octanol–water partition coefficient (Wildman–Crippen LogP) is 2.33. The minimum Gasteiger partial charge on any atom is -0.481 e. The predicted molar refractivity (Wildman–Crippen MR) is 75.4 cm³/mol. The van der Waals surface area contributed by atoms with Crippen molar-refractivity contribution in [3.05, 3.63) is 28.2 Å². The van der Waals surface area contributed by atoms with E-state index < -0.39 is 11.9 Å². The van der Waals surface area contributed by atoms with Gasteiger partial charge in [0.25, 0.3) is 0 Å². The number of benzene rings is 1. The molecule has 2 amide bonds. The second-order valence-electron chi connectivity index (χ2n) is 4.76. The van der Waals surface area contributed by atoms with E-state index in [1.807, 2.05) is 25.1 Å². The first-order valence-corrected chi connectivity index (χ1v) is 6.71. The van der Waals surface area contributed by atoms with E-state index in [1.165, 1.54) is 9.80 Å². The van der Waals surface area contributed by atoms with E-state index in [2.05, 4.69) is 15.9 Å². The number of urea groups is 1. The van der Waals surface area contributed by atoms with Crippen LogP contribution < -0.4 is 4.90 Å². The molecule has 0 aromatic heterocycles. The SMILES string of the molecule is Cc1ccc(N2CC(C(=O)O)CN(C)C2=O)c(Br)c1. The van der Waals surface area contributed by atoms with Gasteiger partial charge >= 0.3 is 12.0 Å². The third-order valence-electron chi connectivity index (χ3n) is 3.20. The number of aryl methyl sites for hydroxylation is 1. The van der Waals surface area contributed by atoms with Gasteiger partial charge in [-0.25, -0.2) is 4.79 Å². The number of carbonyl (C=O) groups is 2. The lowest BCUT2D eigenvalue weighted by molar-refractivity contribution is -0.141. The van der Waals surface area contributed by atoms with E-state index in [0.29, 0.717) is 5.69 Å². The second kappa shape index (κ2) is 5.21. The summed E-state index contributed by atoms with van der Waals surface area (Å²) in [5, 5.41) is 9.14. The van der Waals surface area contributed by atoms with Crippen LogP contribution >= 0.6 is 15.9 Å². The molecule has 102 valence electrons. The first-order chi connectivity index (χ1) is 8.90. The minimum atomic E-state index is -0.882. The van der Waals surface area contributed by atoms with Crippen molar-refractivity contribution in [1.82, 2.24) is 4.90 Å². The van der Waals surface area contributed by atoms with Crippen LogP contribution in [0.25, 0.3) is 0 Å². The maximum atomic E-state index is 12.2. The molecular formula is C13H15BrN2O3. The van der Waals surface area contributed by atoms with Gasteiger partial charge < -0.3 is 10.0 Å². The number of hydrogen-bond donors (Lipinski definition) is 1. The van der Waals surface area contributed by atoms with Crippen LogP contribution in [0, 0.1) is 12.8 Å². The topological polar surface area (TPSA) is 60.9 Å². The van der Waals surface area contributed by atoms with E-state index in [-0.39, 0.29) is 19.1 Å². The lowest BCUT2D eigenvalue weighted by atomic mass is 10.1. The monoisotopic (exact) mass is 326 g/mol. The molecule has 1 heterocycles. The maximum Gasteiger partial charge on any atom is 0.324 e. The van der Waals surface area contributed by atoms with Crippen molar-refractivity contribution in [3.63, 3.8) is 0 Å². The molecule has 6 heteroatoms. The summed E-state index contributed by atoms with van der Waals surface area (Å²) in [6.07, 6.45) is 0. The molecule has 0 aliphatic carbocycles. The molecule has 1 aromatic rings. The number of amides is 2. The fraction of sp³-hybridized carbons (Fsp3) is 0.385. The van der Waals surface area contributed by atoms with Crippen LogP contribution in [-0.2, 0) is 4.79 Å². The highest BCUT2D eigenvalue weighted by Crippen LogP contribution is 2.30. The molecule has 1 atom stereocenters. The van der Waals surface area contributed by atoms with Crippen molar-refractivity contribution in [2.24, 2.45) is 5.92 Å². The molecule has 0 spiro atoms. The molecule has 0 saturated carbocycles. The normalized spacial score (nSPS) is 19.7. The summed E-state index contributed by atoms with van der Waals surface area (Å²) in [5.74, 6) is -1.46. The number of rotatable bonds is 2. The lowest BCUT2D eigenvalue weighted by Crippen LogP contribution is -2.54. The molecule has 1 fully saturated rings. The van der Waals surface area contributed by atoms with Gasteiger partial charge in [-0.2, -0.15) is 0 Å². The van der Waals surface area contributed by atoms with E-state index in [0.717, 1.165) is 10.0 Å². The fourth-order valence-electron chi connectivity index (χ4n) is 2.16. The zero-order valence-corrected chi connectivity index (χ0v) is 12.3. The Balaban J connectivity index is 2.35. The van der Waals surface area contributed by atoms with Gasteiger partial charge in [-0.1, -0.05) is 6.07 Å². The summed E-state index contributed by atoms with van der Waals surface area (Å²) in [5.41, 5.74) is 1.77. The molecule has 19 heavy (non-hydrogen) atoms. The van der Waals surface area contributed by atoms with E-state index in [9.17, 15) is 9.59 Å². The lowest BCUT2D eigenvalue weighted by Gasteiger charge is -2.37. The minimum absolute atomic E-state index is 0.179. The fourth-order valence-corrected chi connectivity index (χ4v) is 2.87. The number of aliphatic carboxylic acids is 1. The molecule has 5 nitrogen and oxygen atoms in total. The van der Waals surface area contributed by atoms with Gasteiger partial charge in [0.2, 0.25) is 0 Å². The zero-order chi connectivity index (χ0) is 14.2. The molecule has 1 unspecified atom stereocenters. The number of hydrogen-bond acceptors (Lipinski definition) is 2. The third-order valence-corrected chi connectivity index (χ3v) is 3.83. The van der Waals surface area contributed by atoms with Crippen molar-refractivity contribution >= 4 is 33.6 Å². The Morgan fingerprint density at radius 2 is 2.11 bits per heavy atom. The highest BCUT2D eigenvalue weighted by molar-refractivity contribution is 9.10. The number of halogens is 1. The first-order valence-electron chi connectivity index (χ1n) is 5.91. The Morgan fingerprint density at radius 1 is 1.42 bits per heavy atom. The van der Waals surface area contributed by atoms with Crippen LogP contribution in [0.5, 0.6) is 0 Å². The van der Waals surface area contributed by atoms with Gasteiger partial charge in [-0.15, -0.1) is 0 Å². The third kappa shape index (κ3) is 2.73. The average molecular weight is 327 g/mol. The van der Waals surface area contributed by atoms with E-state index in [4.69, 9.17) is 5.11 Å². The van der Waals surface area contributed by atoms with Crippen molar-refractivity contribution in [2.75, 3.05) is 25.0 Å². The highest BCUT2D eigenvalue weighted by Gasteiger charge is 2.34. The van der Waals surface area contributed by atoms with Gasteiger partial charge in [0.05, 0.1) is 11.6 Å². The molecular weight excluding hydrogens is 312 g/mol. The first kappa shape index (κ1) is 13.9. The Morgan fingerprint density at radius 3 is 2.68 bits per heavy atom. The number of carbonyl (C=O) groups excluding carboxylic acids is 1. The zero-order valence-electron chi connectivity index (χ0n) is 10.8. The number of nitrogens with zero attached hydrogens (tertiary/aromatic N) is 2. The van der Waals surface area contributed by atoms with Gasteiger partial charge in [0.15, 0.2) is 0 Å². The second-order valence-corrected chi connectivity index (χ2v) is 5.62.